The Morgan fingerprint density at radius 1 is 1.35 bits per heavy atom. The molecule has 0 aliphatic carbocycles. The molecular formula is C10H11N5O2. The van der Waals surface area contributed by atoms with Gasteiger partial charge in [0.25, 0.3) is 0 Å². The minimum atomic E-state index is -1.11. The zero-order valence-corrected chi connectivity index (χ0v) is 9.38. The summed E-state index contributed by atoms with van der Waals surface area (Å²) < 4.78 is 1.43. The highest BCUT2D eigenvalue weighted by Gasteiger charge is 2.13. The van der Waals surface area contributed by atoms with E-state index in [1.807, 2.05) is 0 Å². The summed E-state index contributed by atoms with van der Waals surface area (Å²) >= 11 is 0. The molecule has 2 aromatic rings. The number of aromatic carboxylic acids is 1. The third-order valence-corrected chi connectivity index (χ3v) is 2.20. The first-order valence-corrected chi connectivity index (χ1v) is 4.89. The number of nitrogens with zero attached hydrogens (tertiary/aromatic N) is 4. The molecule has 0 aliphatic rings. The van der Waals surface area contributed by atoms with Crippen LogP contribution in [-0.4, -0.2) is 30.8 Å². The lowest BCUT2D eigenvalue weighted by Crippen LogP contribution is -2.10. The molecule has 2 heterocycles. The van der Waals surface area contributed by atoms with Crippen LogP contribution in [0.4, 0.5) is 5.69 Å². The fourth-order valence-electron chi connectivity index (χ4n) is 1.47. The monoisotopic (exact) mass is 233 g/mol. The van der Waals surface area contributed by atoms with Gasteiger partial charge in [-0.3, -0.25) is 0 Å². The Morgan fingerprint density at radius 3 is 2.59 bits per heavy atom. The molecule has 0 aromatic carbocycles. The number of anilines is 1. The van der Waals surface area contributed by atoms with Gasteiger partial charge in [0.2, 0.25) is 0 Å². The number of aromatic nitrogens is 4. The van der Waals surface area contributed by atoms with E-state index in [-0.39, 0.29) is 11.5 Å². The number of aryl methyl sites for hydroxylation is 2. The largest absolute Gasteiger partial charge is 0.477 e. The van der Waals surface area contributed by atoms with Crippen LogP contribution < -0.4 is 5.73 Å². The van der Waals surface area contributed by atoms with Gasteiger partial charge < -0.3 is 10.8 Å². The Kier molecular flexibility index (Phi) is 2.51. The second-order valence-corrected chi connectivity index (χ2v) is 3.53. The maximum absolute atomic E-state index is 10.8. The number of carboxylic acids is 1. The predicted molar refractivity (Wildman–Crippen MR) is 60.0 cm³/mol. The Balaban J connectivity index is 2.62. The molecule has 0 amide bonds. The van der Waals surface area contributed by atoms with Gasteiger partial charge in [0.05, 0.1) is 5.69 Å². The average molecular weight is 233 g/mol. The number of hydrogen-bond acceptors (Lipinski definition) is 5. The molecule has 17 heavy (non-hydrogen) atoms. The van der Waals surface area contributed by atoms with Crippen LogP contribution in [0.5, 0.6) is 0 Å². The summed E-state index contributed by atoms with van der Waals surface area (Å²) in [7, 11) is 0. The maximum Gasteiger partial charge on any atom is 0.354 e. The van der Waals surface area contributed by atoms with Crippen LogP contribution in [0.1, 0.15) is 22.1 Å². The van der Waals surface area contributed by atoms with Crippen molar-refractivity contribution in [1.82, 2.24) is 19.7 Å². The van der Waals surface area contributed by atoms with Crippen LogP contribution in [0.15, 0.2) is 12.1 Å². The van der Waals surface area contributed by atoms with Gasteiger partial charge >= 0.3 is 5.97 Å². The van der Waals surface area contributed by atoms with Crippen molar-refractivity contribution in [2.24, 2.45) is 0 Å². The molecule has 0 unspecified atom stereocenters. The normalized spacial score (nSPS) is 10.5. The molecule has 0 bridgehead atoms. The number of nitrogen functional groups attached to an aromatic ring is 1. The Hall–Kier alpha value is -2.44. The zero-order chi connectivity index (χ0) is 12.6. The van der Waals surface area contributed by atoms with Gasteiger partial charge in [-0.1, -0.05) is 0 Å². The van der Waals surface area contributed by atoms with Gasteiger partial charge in [0, 0.05) is 0 Å². The molecule has 0 atom stereocenters. The summed E-state index contributed by atoms with van der Waals surface area (Å²) in [5.74, 6) is 0.345. The van der Waals surface area contributed by atoms with Gasteiger partial charge in [0.1, 0.15) is 11.6 Å². The number of pyridine rings is 1. The maximum atomic E-state index is 10.8. The smallest absolute Gasteiger partial charge is 0.354 e. The molecule has 2 rings (SSSR count). The van der Waals surface area contributed by atoms with Crippen molar-refractivity contribution in [1.29, 1.82) is 0 Å². The van der Waals surface area contributed by atoms with Crippen LogP contribution in [-0.2, 0) is 0 Å². The van der Waals surface area contributed by atoms with Gasteiger partial charge in [-0.15, -0.1) is 5.10 Å². The second-order valence-electron chi connectivity index (χ2n) is 3.53. The number of rotatable bonds is 2. The molecule has 0 saturated carbocycles. The van der Waals surface area contributed by atoms with Gasteiger partial charge in [-0.05, 0) is 26.0 Å². The highest BCUT2D eigenvalue weighted by molar-refractivity contribution is 5.86. The summed E-state index contributed by atoms with van der Waals surface area (Å²) in [6, 6.07) is 2.84. The van der Waals surface area contributed by atoms with E-state index in [4.69, 9.17) is 10.8 Å². The summed E-state index contributed by atoms with van der Waals surface area (Å²) in [5.41, 5.74) is 6.02. The molecule has 0 saturated heterocycles. The van der Waals surface area contributed by atoms with Crippen molar-refractivity contribution in [3.05, 3.63) is 29.5 Å². The first-order valence-electron chi connectivity index (χ1n) is 4.89. The number of carbonyl (C=O) groups is 1. The van der Waals surface area contributed by atoms with E-state index in [1.165, 1.54) is 16.8 Å². The standard InChI is InChI=1S/C10H11N5O2/c1-5-12-6(2)15(14-5)9-7(11)3-4-8(13-9)10(16)17/h3-4H,11H2,1-2H3,(H,16,17). The Bertz CT molecular complexity index is 590. The average Bonchev–Trinajstić information content (AvgIpc) is 2.58. The quantitative estimate of drug-likeness (QED) is 0.784. The van der Waals surface area contributed by atoms with Crippen LogP contribution in [0.2, 0.25) is 0 Å². The van der Waals surface area contributed by atoms with Crippen LogP contribution in [0, 0.1) is 13.8 Å². The van der Waals surface area contributed by atoms with Crippen molar-refractivity contribution in [3.8, 4) is 5.82 Å². The lowest BCUT2D eigenvalue weighted by molar-refractivity contribution is 0.0690. The van der Waals surface area contributed by atoms with E-state index in [9.17, 15) is 4.79 Å². The van der Waals surface area contributed by atoms with E-state index in [1.54, 1.807) is 13.8 Å². The minimum absolute atomic E-state index is 0.0817. The molecule has 7 heteroatoms. The third-order valence-electron chi connectivity index (χ3n) is 2.20. The summed E-state index contributed by atoms with van der Waals surface area (Å²) in [6.07, 6.45) is 0. The van der Waals surface area contributed by atoms with Gasteiger partial charge in [0.15, 0.2) is 11.5 Å². The van der Waals surface area contributed by atoms with Crippen molar-refractivity contribution < 1.29 is 9.90 Å². The van der Waals surface area contributed by atoms with Crippen LogP contribution >= 0.6 is 0 Å². The fraction of sp³-hybridized carbons (Fsp3) is 0.200. The molecular weight excluding hydrogens is 222 g/mol. The van der Waals surface area contributed by atoms with Crippen molar-refractivity contribution in [2.75, 3.05) is 5.73 Å². The fourth-order valence-corrected chi connectivity index (χ4v) is 1.47. The first kappa shape index (κ1) is 11.1. The minimum Gasteiger partial charge on any atom is -0.477 e. The third kappa shape index (κ3) is 1.94. The molecule has 88 valence electrons. The zero-order valence-electron chi connectivity index (χ0n) is 9.38. The second kappa shape index (κ2) is 3.85. The highest BCUT2D eigenvalue weighted by Crippen LogP contribution is 2.16. The van der Waals surface area contributed by atoms with Crippen LogP contribution in [0.25, 0.3) is 5.82 Å². The molecule has 0 spiro atoms. The molecule has 0 fully saturated rings. The summed E-state index contributed by atoms with van der Waals surface area (Å²) in [5, 5.41) is 13.0. The van der Waals surface area contributed by atoms with Crippen molar-refractivity contribution in [3.63, 3.8) is 0 Å². The Labute approximate surface area is 96.9 Å². The van der Waals surface area contributed by atoms with E-state index in [0.717, 1.165) is 0 Å². The molecule has 3 N–H and O–H groups in total. The van der Waals surface area contributed by atoms with Crippen molar-refractivity contribution >= 4 is 11.7 Å². The molecule has 7 nitrogen and oxygen atoms in total. The van der Waals surface area contributed by atoms with E-state index >= 15 is 0 Å². The number of nitrogens with two attached hydrogens (primary N) is 1. The lowest BCUT2D eigenvalue weighted by Gasteiger charge is -2.06. The van der Waals surface area contributed by atoms with E-state index in [2.05, 4.69) is 15.1 Å². The van der Waals surface area contributed by atoms with Gasteiger partial charge in [-0.2, -0.15) is 4.68 Å². The van der Waals surface area contributed by atoms with E-state index < -0.39 is 5.97 Å². The van der Waals surface area contributed by atoms with Gasteiger partial charge in [-0.25, -0.2) is 14.8 Å². The molecule has 0 radical (unpaired) electrons. The first-order chi connectivity index (χ1) is 7.99. The number of carboxylic acid groups (broad SMARTS) is 1. The highest BCUT2D eigenvalue weighted by atomic mass is 16.4. The van der Waals surface area contributed by atoms with Crippen molar-refractivity contribution in [2.45, 2.75) is 13.8 Å². The lowest BCUT2D eigenvalue weighted by atomic mass is 10.3. The Morgan fingerprint density at radius 2 is 2.06 bits per heavy atom. The number of hydrogen-bond donors (Lipinski definition) is 2. The van der Waals surface area contributed by atoms with E-state index in [0.29, 0.717) is 17.3 Å². The molecule has 0 aliphatic heterocycles. The summed E-state index contributed by atoms with van der Waals surface area (Å²) in [4.78, 5) is 18.9. The molecule has 2 aromatic heterocycles. The predicted octanol–water partition coefficient (Wildman–Crippen LogP) is 0.560. The topological polar surface area (TPSA) is 107 Å². The summed E-state index contributed by atoms with van der Waals surface area (Å²) in [6.45, 7) is 3.48. The van der Waals surface area contributed by atoms with Crippen LogP contribution in [0.3, 0.4) is 0 Å². The SMILES string of the molecule is Cc1nc(C)n(-c2nc(C(=O)O)ccc2N)n1.